The highest BCUT2D eigenvalue weighted by Gasteiger charge is 2.57. The Hall–Kier alpha value is -1.16. The first-order valence-electron chi connectivity index (χ1n) is 9.71. The molecule has 4 aliphatic carbocycles. The molecule has 0 amide bonds. The van der Waals surface area contributed by atoms with Gasteiger partial charge in [0.05, 0.1) is 6.42 Å². The van der Waals surface area contributed by atoms with Crippen LogP contribution in [0, 0.1) is 31.1 Å². The molecule has 0 aromatic heterocycles. The molecule has 4 aliphatic rings. The van der Waals surface area contributed by atoms with Crippen molar-refractivity contribution in [3.63, 3.8) is 0 Å². The average molecular weight is 419 g/mol. The van der Waals surface area contributed by atoms with Gasteiger partial charge in [-0.05, 0) is 81.3 Å². The summed E-state index contributed by atoms with van der Waals surface area (Å²) in [6.45, 7) is 3.73. The van der Waals surface area contributed by atoms with E-state index in [4.69, 9.17) is 4.74 Å². The molecule has 140 valence electrons. The Kier molecular flexibility index (Phi) is 4.53. The van der Waals surface area contributed by atoms with E-state index in [1.54, 1.807) is 0 Å². The van der Waals surface area contributed by atoms with E-state index in [2.05, 4.69) is 15.9 Å². The SMILES string of the molecule is Cc1ccc(C)c(C(=O)COC(=O)CC23C[C@@H]4C[C@@H](CC(Br)(C4)C2)C3)c1. The maximum atomic E-state index is 12.5. The third-order valence-corrected chi connectivity index (χ3v) is 7.62. The van der Waals surface area contributed by atoms with Gasteiger partial charge in [-0.1, -0.05) is 33.6 Å². The molecule has 4 fully saturated rings. The Bertz CT molecular complexity index is 740. The van der Waals surface area contributed by atoms with Crippen LogP contribution < -0.4 is 0 Å². The molecule has 2 unspecified atom stereocenters. The van der Waals surface area contributed by atoms with Gasteiger partial charge in [-0.3, -0.25) is 9.59 Å². The van der Waals surface area contributed by atoms with Crippen LogP contribution in [-0.2, 0) is 9.53 Å². The van der Waals surface area contributed by atoms with E-state index in [1.165, 1.54) is 19.3 Å². The van der Waals surface area contributed by atoms with Crippen molar-refractivity contribution in [1.29, 1.82) is 0 Å². The molecule has 1 aromatic carbocycles. The van der Waals surface area contributed by atoms with Crippen LogP contribution in [0.2, 0.25) is 0 Å². The van der Waals surface area contributed by atoms with Crippen molar-refractivity contribution in [2.75, 3.05) is 6.61 Å². The number of aryl methyl sites for hydroxylation is 2. The van der Waals surface area contributed by atoms with Crippen LogP contribution in [0.15, 0.2) is 18.2 Å². The Labute approximate surface area is 164 Å². The van der Waals surface area contributed by atoms with Crippen LogP contribution in [0.4, 0.5) is 0 Å². The molecule has 3 nitrogen and oxygen atoms in total. The lowest BCUT2D eigenvalue weighted by Gasteiger charge is -2.60. The number of Topliss-reactive ketones (excluding diaryl/α,β-unsaturated/α-hetero) is 1. The minimum atomic E-state index is -0.207. The second kappa shape index (κ2) is 6.47. The smallest absolute Gasteiger partial charge is 0.306 e. The van der Waals surface area contributed by atoms with Gasteiger partial charge in [0.15, 0.2) is 6.61 Å². The molecular formula is C22H27BrO3. The number of rotatable bonds is 5. The fraction of sp³-hybridized carbons (Fsp3) is 0.636. The van der Waals surface area contributed by atoms with Gasteiger partial charge in [0, 0.05) is 9.89 Å². The number of benzene rings is 1. The molecule has 26 heavy (non-hydrogen) atoms. The highest BCUT2D eigenvalue weighted by molar-refractivity contribution is 9.10. The molecule has 0 radical (unpaired) electrons. The van der Waals surface area contributed by atoms with Crippen molar-refractivity contribution in [3.05, 3.63) is 34.9 Å². The molecule has 4 heteroatoms. The molecule has 0 spiro atoms. The average Bonchev–Trinajstić information content (AvgIpc) is 2.52. The zero-order valence-electron chi connectivity index (χ0n) is 15.6. The van der Waals surface area contributed by atoms with Gasteiger partial charge >= 0.3 is 5.97 Å². The summed E-state index contributed by atoms with van der Waals surface area (Å²) in [5.41, 5.74) is 2.72. The van der Waals surface area contributed by atoms with Crippen molar-refractivity contribution in [2.45, 2.75) is 63.1 Å². The maximum Gasteiger partial charge on any atom is 0.306 e. The van der Waals surface area contributed by atoms with Gasteiger partial charge in [-0.25, -0.2) is 0 Å². The summed E-state index contributed by atoms with van der Waals surface area (Å²) in [5.74, 6) is 1.18. The molecule has 4 saturated carbocycles. The number of esters is 1. The van der Waals surface area contributed by atoms with E-state index in [0.717, 1.165) is 42.2 Å². The summed E-state index contributed by atoms with van der Waals surface area (Å²) in [5, 5.41) is 0. The Morgan fingerprint density at radius 3 is 2.50 bits per heavy atom. The van der Waals surface area contributed by atoms with E-state index < -0.39 is 0 Å². The Balaban J connectivity index is 1.37. The van der Waals surface area contributed by atoms with Crippen LogP contribution in [0.5, 0.6) is 0 Å². The fourth-order valence-electron chi connectivity index (χ4n) is 6.16. The lowest BCUT2D eigenvalue weighted by atomic mass is 9.49. The normalized spacial score (nSPS) is 34.7. The number of halogens is 1. The topological polar surface area (TPSA) is 43.4 Å². The van der Waals surface area contributed by atoms with E-state index in [-0.39, 0.29) is 28.1 Å². The molecule has 0 saturated heterocycles. The molecule has 4 atom stereocenters. The number of hydrogen-bond acceptors (Lipinski definition) is 3. The number of hydrogen-bond donors (Lipinski definition) is 0. The zero-order chi connectivity index (χ0) is 18.5. The summed E-state index contributed by atoms with van der Waals surface area (Å²) in [7, 11) is 0. The maximum absolute atomic E-state index is 12.5. The van der Waals surface area contributed by atoms with Crippen LogP contribution >= 0.6 is 15.9 Å². The Morgan fingerprint density at radius 1 is 1.15 bits per heavy atom. The Morgan fingerprint density at radius 2 is 1.85 bits per heavy atom. The first kappa shape index (κ1) is 18.2. The summed E-state index contributed by atoms with van der Waals surface area (Å²) >= 11 is 3.98. The van der Waals surface area contributed by atoms with Crippen molar-refractivity contribution >= 4 is 27.7 Å². The number of carbonyl (C=O) groups excluding carboxylic acids is 2. The van der Waals surface area contributed by atoms with Crippen LogP contribution in [0.3, 0.4) is 0 Å². The molecule has 1 aromatic rings. The van der Waals surface area contributed by atoms with Crippen LogP contribution in [0.1, 0.15) is 66.4 Å². The molecule has 0 aliphatic heterocycles. The van der Waals surface area contributed by atoms with Crippen molar-refractivity contribution in [1.82, 2.24) is 0 Å². The number of ketones is 1. The van der Waals surface area contributed by atoms with Crippen molar-refractivity contribution < 1.29 is 14.3 Å². The molecular weight excluding hydrogens is 392 g/mol. The van der Waals surface area contributed by atoms with Gasteiger partial charge in [0.25, 0.3) is 0 Å². The van der Waals surface area contributed by atoms with Crippen LogP contribution in [-0.4, -0.2) is 22.7 Å². The van der Waals surface area contributed by atoms with Gasteiger partial charge in [0.1, 0.15) is 0 Å². The van der Waals surface area contributed by atoms with Crippen molar-refractivity contribution in [2.24, 2.45) is 17.3 Å². The second-order valence-corrected chi connectivity index (χ2v) is 10.9. The molecule has 5 rings (SSSR count). The largest absolute Gasteiger partial charge is 0.457 e. The van der Waals surface area contributed by atoms with Crippen LogP contribution in [0.25, 0.3) is 0 Å². The number of ether oxygens (including phenoxy) is 1. The summed E-state index contributed by atoms with van der Waals surface area (Å²) in [4.78, 5) is 25.0. The third kappa shape index (κ3) is 3.49. The monoisotopic (exact) mass is 418 g/mol. The van der Waals surface area contributed by atoms with E-state index in [0.29, 0.717) is 12.0 Å². The van der Waals surface area contributed by atoms with Gasteiger partial charge < -0.3 is 4.74 Å². The highest BCUT2D eigenvalue weighted by atomic mass is 79.9. The van der Waals surface area contributed by atoms with E-state index in [1.807, 2.05) is 32.0 Å². The molecule has 0 N–H and O–H groups in total. The first-order valence-corrected chi connectivity index (χ1v) is 10.5. The minimum absolute atomic E-state index is 0.0902. The number of alkyl halides is 1. The summed E-state index contributed by atoms with van der Waals surface area (Å²) in [6, 6.07) is 5.80. The molecule has 0 heterocycles. The van der Waals surface area contributed by atoms with Gasteiger partial charge in [0.2, 0.25) is 5.78 Å². The quantitative estimate of drug-likeness (QED) is 0.377. The third-order valence-electron chi connectivity index (χ3n) is 6.69. The van der Waals surface area contributed by atoms with E-state index >= 15 is 0 Å². The molecule has 4 bridgehead atoms. The standard InChI is InChI=1S/C22H27BrO3/c1-14-3-4-15(2)18(5-14)19(24)12-26-20(25)11-21-7-16-6-17(8-21)10-22(23,9-16)13-21/h3-5,16-17H,6-13H2,1-2H3/t16-,17+,21?,22?. The lowest BCUT2D eigenvalue weighted by Crippen LogP contribution is -2.53. The zero-order valence-corrected chi connectivity index (χ0v) is 17.2. The van der Waals surface area contributed by atoms with Crippen molar-refractivity contribution in [3.8, 4) is 0 Å². The van der Waals surface area contributed by atoms with Gasteiger partial charge in [-0.15, -0.1) is 0 Å². The summed E-state index contributed by atoms with van der Waals surface area (Å²) in [6.07, 6.45) is 7.68. The second-order valence-electron chi connectivity index (χ2n) is 9.19. The fourth-order valence-corrected chi connectivity index (χ4v) is 7.67. The van der Waals surface area contributed by atoms with E-state index in [9.17, 15) is 9.59 Å². The summed E-state index contributed by atoms with van der Waals surface area (Å²) < 4.78 is 5.66. The lowest BCUT2D eigenvalue weighted by molar-refractivity contribution is -0.149. The predicted molar refractivity (Wildman–Crippen MR) is 105 cm³/mol. The minimum Gasteiger partial charge on any atom is -0.457 e. The first-order chi connectivity index (χ1) is 12.3. The number of carbonyl (C=O) groups is 2. The predicted octanol–water partition coefficient (Wildman–Crippen LogP) is 5.15. The van der Waals surface area contributed by atoms with Gasteiger partial charge in [-0.2, -0.15) is 0 Å². The highest BCUT2D eigenvalue weighted by Crippen LogP contribution is 2.65.